The fraction of sp³-hybridized carbons (Fsp3) is 0.583. The summed E-state index contributed by atoms with van der Waals surface area (Å²) in [5, 5.41) is -0.106. The molecule has 0 fully saturated rings. The van der Waals surface area contributed by atoms with Crippen LogP contribution in [0.3, 0.4) is 0 Å². The number of aromatic nitrogens is 1. The molecular weight excluding hydrogens is 280 g/mol. The first kappa shape index (κ1) is 16.8. The molecule has 0 spiro atoms. The normalized spacial score (nSPS) is 11.8. The Kier molecular flexibility index (Phi) is 6.86. The molecule has 0 unspecified atom stereocenters. The molecule has 20 heavy (non-hydrogen) atoms. The quantitative estimate of drug-likeness (QED) is 0.352. The maximum atomic E-state index is 12.0. The number of rotatable bonds is 9. The highest BCUT2D eigenvalue weighted by Crippen LogP contribution is 2.15. The molecule has 0 aliphatic rings. The Morgan fingerprint density at radius 1 is 1.45 bits per heavy atom. The van der Waals surface area contributed by atoms with Crippen LogP contribution in [-0.2, 0) is 14.8 Å². The first-order chi connectivity index (χ1) is 9.47. The monoisotopic (exact) mass is 302 g/mol. The number of anilines is 1. The Morgan fingerprint density at radius 2 is 2.20 bits per heavy atom. The number of ether oxygens (including phenoxy) is 1. The lowest BCUT2D eigenvalue weighted by molar-refractivity contribution is 0.108. The minimum Gasteiger partial charge on any atom is -0.381 e. The van der Waals surface area contributed by atoms with Gasteiger partial charge in [-0.3, -0.25) is 5.84 Å². The summed E-state index contributed by atoms with van der Waals surface area (Å²) in [6, 6.07) is 3.15. The highest BCUT2D eigenvalue weighted by Gasteiger charge is 2.18. The summed E-state index contributed by atoms with van der Waals surface area (Å²) in [7, 11) is -3.67. The van der Waals surface area contributed by atoms with Gasteiger partial charge in [0.05, 0.1) is 5.69 Å². The lowest BCUT2D eigenvalue weighted by Gasteiger charge is -2.10. The molecule has 0 aromatic carbocycles. The molecule has 0 aliphatic heterocycles. The standard InChI is InChI=1S/C12H22N4O3S/c1-10(2)9-19-8-4-7-15-20(17,18)12-11(16-13)5-3-6-14-12/h3,5-6,10,15-16H,4,7-9,13H2,1-2H3. The van der Waals surface area contributed by atoms with Crippen LogP contribution in [0.15, 0.2) is 23.4 Å². The third-order valence-corrected chi connectivity index (χ3v) is 3.81. The van der Waals surface area contributed by atoms with Crippen LogP contribution in [0.2, 0.25) is 0 Å². The van der Waals surface area contributed by atoms with E-state index in [1.54, 1.807) is 12.1 Å². The van der Waals surface area contributed by atoms with E-state index >= 15 is 0 Å². The topological polar surface area (TPSA) is 106 Å². The number of hydrazine groups is 1. The summed E-state index contributed by atoms with van der Waals surface area (Å²) in [5.41, 5.74) is 2.58. The zero-order valence-corrected chi connectivity index (χ0v) is 12.6. The molecular formula is C12H22N4O3S. The van der Waals surface area contributed by atoms with Crippen molar-refractivity contribution in [1.82, 2.24) is 9.71 Å². The summed E-state index contributed by atoms with van der Waals surface area (Å²) < 4.78 is 31.9. The van der Waals surface area contributed by atoms with Crippen molar-refractivity contribution >= 4 is 15.7 Å². The third-order valence-electron chi connectivity index (χ3n) is 2.39. The van der Waals surface area contributed by atoms with Crippen LogP contribution in [0, 0.1) is 5.92 Å². The number of hydrogen-bond acceptors (Lipinski definition) is 6. The molecule has 0 saturated carbocycles. The molecule has 114 valence electrons. The van der Waals surface area contributed by atoms with E-state index in [0.29, 0.717) is 32.1 Å². The molecule has 0 bridgehead atoms. The van der Waals surface area contributed by atoms with E-state index in [2.05, 4.69) is 29.0 Å². The zero-order valence-electron chi connectivity index (χ0n) is 11.8. The second kappa shape index (κ2) is 8.15. The van der Waals surface area contributed by atoms with Gasteiger partial charge in [0.15, 0.2) is 5.03 Å². The molecule has 1 heterocycles. The molecule has 0 radical (unpaired) electrons. The van der Waals surface area contributed by atoms with Crippen molar-refractivity contribution in [2.24, 2.45) is 11.8 Å². The van der Waals surface area contributed by atoms with Crippen LogP contribution in [0.5, 0.6) is 0 Å². The first-order valence-corrected chi connectivity index (χ1v) is 7.94. The number of nitrogens with two attached hydrogens (primary N) is 1. The molecule has 0 aliphatic carbocycles. The van der Waals surface area contributed by atoms with Gasteiger partial charge in [0.2, 0.25) is 0 Å². The molecule has 0 saturated heterocycles. The fourth-order valence-electron chi connectivity index (χ4n) is 1.48. The minimum atomic E-state index is -3.67. The highest BCUT2D eigenvalue weighted by molar-refractivity contribution is 7.89. The Labute approximate surface area is 119 Å². The van der Waals surface area contributed by atoms with Gasteiger partial charge in [-0.1, -0.05) is 13.8 Å². The molecule has 0 amide bonds. The van der Waals surface area contributed by atoms with E-state index in [9.17, 15) is 8.42 Å². The van der Waals surface area contributed by atoms with Crippen LogP contribution in [0.4, 0.5) is 5.69 Å². The molecule has 0 atom stereocenters. The summed E-state index contributed by atoms with van der Waals surface area (Å²) >= 11 is 0. The van der Waals surface area contributed by atoms with Crippen molar-refractivity contribution in [2.75, 3.05) is 25.2 Å². The van der Waals surface area contributed by atoms with Gasteiger partial charge in [-0.25, -0.2) is 18.1 Å². The first-order valence-electron chi connectivity index (χ1n) is 6.46. The summed E-state index contributed by atoms with van der Waals surface area (Å²) in [4.78, 5) is 3.84. The number of nitrogens with one attached hydrogen (secondary N) is 2. The number of sulfonamides is 1. The Balaban J connectivity index is 2.46. The Hall–Kier alpha value is -1.22. The second-order valence-electron chi connectivity index (χ2n) is 4.72. The SMILES string of the molecule is CC(C)COCCCNS(=O)(=O)c1ncccc1NN. The van der Waals surface area contributed by atoms with Crippen molar-refractivity contribution in [2.45, 2.75) is 25.3 Å². The van der Waals surface area contributed by atoms with Gasteiger partial charge >= 0.3 is 0 Å². The van der Waals surface area contributed by atoms with Gasteiger partial charge < -0.3 is 10.2 Å². The number of hydrogen-bond donors (Lipinski definition) is 3. The average molecular weight is 302 g/mol. The van der Waals surface area contributed by atoms with Crippen LogP contribution in [-0.4, -0.2) is 33.2 Å². The van der Waals surface area contributed by atoms with Crippen molar-refractivity contribution in [1.29, 1.82) is 0 Å². The Bertz CT molecular complexity index is 505. The van der Waals surface area contributed by atoms with Crippen molar-refractivity contribution in [3.63, 3.8) is 0 Å². The number of nitrogen functional groups attached to an aromatic ring is 1. The van der Waals surface area contributed by atoms with E-state index in [-0.39, 0.29) is 10.7 Å². The van der Waals surface area contributed by atoms with Crippen LogP contribution >= 0.6 is 0 Å². The predicted molar refractivity (Wildman–Crippen MR) is 77.5 cm³/mol. The minimum absolute atomic E-state index is 0.106. The molecule has 4 N–H and O–H groups in total. The van der Waals surface area contributed by atoms with Gasteiger partial charge in [-0.15, -0.1) is 0 Å². The maximum Gasteiger partial charge on any atom is 0.260 e. The zero-order chi connectivity index (χ0) is 15.0. The molecule has 1 aromatic heterocycles. The smallest absolute Gasteiger partial charge is 0.260 e. The lowest BCUT2D eigenvalue weighted by atomic mass is 10.2. The van der Waals surface area contributed by atoms with Crippen molar-refractivity contribution in [3.05, 3.63) is 18.3 Å². The van der Waals surface area contributed by atoms with Gasteiger partial charge in [0.1, 0.15) is 0 Å². The predicted octanol–water partition coefficient (Wildman–Crippen LogP) is 0.708. The number of pyridine rings is 1. The van der Waals surface area contributed by atoms with Gasteiger partial charge in [0, 0.05) is 26.0 Å². The average Bonchev–Trinajstić information content (AvgIpc) is 2.42. The molecule has 1 aromatic rings. The van der Waals surface area contributed by atoms with E-state index in [4.69, 9.17) is 10.6 Å². The largest absolute Gasteiger partial charge is 0.381 e. The van der Waals surface area contributed by atoms with E-state index in [0.717, 1.165) is 0 Å². The summed E-state index contributed by atoms with van der Waals surface area (Å²) in [5.74, 6) is 5.74. The fourth-order valence-corrected chi connectivity index (χ4v) is 2.65. The highest BCUT2D eigenvalue weighted by atomic mass is 32.2. The van der Waals surface area contributed by atoms with E-state index in [1.165, 1.54) is 6.20 Å². The molecule has 8 heteroatoms. The summed E-state index contributed by atoms with van der Waals surface area (Å²) in [6.45, 7) is 5.61. The third kappa shape index (κ3) is 5.41. The van der Waals surface area contributed by atoms with Gasteiger partial charge in [-0.05, 0) is 24.5 Å². The number of nitrogens with zero attached hydrogens (tertiary/aromatic N) is 1. The van der Waals surface area contributed by atoms with Gasteiger partial charge in [-0.2, -0.15) is 0 Å². The molecule has 1 rings (SSSR count). The Morgan fingerprint density at radius 3 is 2.85 bits per heavy atom. The van der Waals surface area contributed by atoms with Crippen LogP contribution in [0.25, 0.3) is 0 Å². The van der Waals surface area contributed by atoms with Crippen molar-refractivity contribution < 1.29 is 13.2 Å². The lowest BCUT2D eigenvalue weighted by Crippen LogP contribution is -2.28. The van der Waals surface area contributed by atoms with Gasteiger partial charge in [0.25, 0.3) is 10.0 Å². The van der Waals surface area contributed by atoms with Crippen molar-refractivity contribution in [3.8, 4) is 0 Å². The molecule has 7 nitrogen and oxygen atoms in total. The van der Waals surface area contributed by atoms with E-state index < -0.39 is 10.0 Å². The second-order valence-corrected chi connectivity index (χ2v) is 6.40. The van der Waals surface area contributed by atoms with Crippen LogP contribution in [0.1, 0.15) is 20.3 Å². The maximum absolute atomic E-state index is 12.0. The van der Waals surface area contributed by atoms with Crippen LogP contribution < -0.4 is 16.0 Å². The summed E-state index contributed by atoms with van der Waals surface area (Å²) in [6.07, 6.45) is 2.01. The van der Waals surface area contributed by atoms with E-state index in [1.807, 2.05) is 0 Å².